The minimum atomic E-state index is -4.13. The predicted molar refractivity (Wildman–Crippen MR) is 63.5 cm³/mol. The summed E-state index contributed by atoms with van der Waals surface area (Å²) in [4.78, 5) is 10.8. The van der Waals surface area contributed by atoms with Gasteiger partial charge in [-0.05, 0) is 34.7 Å². The Morgan fingerprint density at radius 1 is 1.50 bits per heavy atom. The molecule has 0 fully saturated rings. The van der Waals surface area contributed by atoms with Crippen LogP contribution in [0.25, 0.3) is 0 Å². The first kappa shape index (κ1) is 13.7. The Balaban J connectivity index is 3.58. The van der Waals surface area contributed by atoms with Crippen molar-refractivity contribution in [2.75, 3.05) is 7.11 Å². The second-order valence-electron chi connectivity index (χ2n) is 2.69. The van der Waals surface area contributed by atoms with Crippen molar-refractivity contribution in [2.45, 2.75) is 4.90 Å². The molecule has 88 valence electrons. The van der Waals surface area contributed by atoms with Crippen molar-refractivity contribution in [2.24, 2.45) is 0 Å². The quantitative estimate of drug-likeness (QED) is 0.449. The van der Waals surface area contributed by atoms with E-state index in [2.05, 4.69) is 4.74 Å². The Hall–Kier alpha value is -0.410. The maximum atomic E-state index is 13.2. The van der Waals surface area contributed by atoms with Crippen molar-refractivity contribution < 1.29 is 22.3 Å². The SMILES string of the molecule is COC(=O)c1cc(F)c(I)cc1S(=O)(=O)Cl. The van der Waals surface area contributed by atoms with Gasteiger partial charge in [0.1, 0.15) is 5.82 Å². The molecule has 0 aliphatic carbocycles. The van der Waals surface area contributed by atoms with Crippen LogP contribution in [-0.2, 0) is 13.8 Å². The van der Waals surface area contributed by atoms with Gasteiger partial charge in [0.15, 0.2) is 0 Å². The van der Waals surface area contributed by atoms with E-state index in [0.717, 1.165) is 19.2 Å². The predicted octanol–water partition coefficient (Wildman–Crippen LogP) is 2.14. The third-order valence-corrected chi connectivity index (χ3v) is 3.88. The lowest BCUT2D eigenvalue weighted by atomic mass is 10.2. The van der Waals surface area contributed by atoms with Crippen molar-refractivity contribution >= 4 is 48.3 Å². The number of methoxy groups -OCH3 is 1. The Labute approximate surface area is 109 Å². The maximum absolute atomic E-state index is 13.2. The van der Waals surface area contributed by atoms with Crippen LogP contribution in [0.5, 0.6) is 0 Å². The molecule has 0 aromatic heterocycles. The molecule has 1 aromatic carbocycles. The first-order chi connectivity index (χ1) is 7.27. The average Bonchev–Trinajstić information content (AvgIpc) is 2.18. The highest BCUT2D eigenvalue weighted by Gasteiger charge is 2.23. The molecule has 1 rings (SSSR count). The number of benzene rings is 1. The molecule has 0 atom stereocenters. The normalized spacial score (nSPS) is 11.2. The van der Waals surface area contributed by atoms with E-state index in [1.807, 2.05) is 0 Å². The minimum absolute atomic E-state index is 0.0458. The lowest BCUT2D eigenvalue weighted by molar-refractivity contribution is 0.0595. The molecule has 0 aliphatic rings. The number of hydrogen-bond acceptors (Lipinski definition) is 4. The number of carbonyl (C=O) groups excluding carboxylic acids is 1. The molecule has 16 heavy (non-hydrogen) atoms. The summed E-state index contributed by atoms with van der Waals surface area (Å²) >= 11 is 1.59. The van der Waals surface area contributed by atoms with Gasteiger partial charge in [-0.3, -0.25) is 0 Å². The van der Waals surface area contributed by atoms with Gasteiger partial charge in [0, 0.05) is 10.7 Å². The second kappa shape index (κ2) is 4.84. The van der Waals surface area contributed by atoms with Crippen LogP contribution in [0.2, 0.25) is 0 Å². The van der Waals surface area contributed by atoms with Crippen LogP contribution in [0.4, 0.5) is 4.39 Å². The zero-order valence-corrected chi connectivity index (χ0v) is 11.6. The third kappa shape index (κ3) is 2.83. The van der Waals surface area contributed by atoms with Gasteiger partial charge in [0.2, 0.25) is 0 Å². The molecule has 0 aliphatic heterocycles. The van der Waals surface area contributed by atoms with E-state index in [9.17, 15) is 17.6 Å². The Morgan fingerprint density at radius 2 is 2.06 bits per heavy atom. The topological polar surface area (TPSA) is 60.4 Å². The van der Waals surface area contributed by atoms with Crippen molar-refractivity contribution in [3.05, 3.63) is 27.1 Å². The minimum Gasteiger partial charge on any atom is -0.465 e. The molecule has 0 amide bonds. The Morgan fingerprint density at radius 3 is 2.50 bits per heavy atom. The van der Waals surface area contributed by atoms with Crippen LogP contribution in [-0.4, -0.2) is 21.5 Å². The van der Waals surface area contributed by atoms with Crippen LogP contribution >= 0.6 is 33.3 Å². The van der Waals surface area contributed by atoms with E-state index in [4.69, 9.17) is 10.7 Å². The first-order valence-electron chi connectivity index (χ1n) is 3.79. The van der Waals surface area contributed by atoms with Gasteiger partial charge >= 0.3 is 5.97 Å². The van der Waals surface area contributed by atoms with E-state index < -0.39 is 31.3 Å². The zero-order chi connectivity index (χ0) is 12.5. The van der Waals surface area contributed by atoms with Crippen LogP contribution in [0.1, 0.15) is 10.4 Å². The molecule has 0 N–H and O–H groups in total. The molecule has 0 saturated heterocycles. The van der Waals surface area contributed by atoms with Crippen LogP contribution in [0.3, 0.4) is 0 Å². The molecule has 0 bridgehead atoms. The van der Waals surface area contributed by atoms with Crippen molar-refractivity contribution in [3.63, 3.8) is 0 Å². The van der Waals surface area contributed by atoms with Crippen LogP contribution in [0.15, 0.2) is 17.0 Å². The number of hydrogen-bond donors (Lipinski definition) is 0. The lowest BCUT2D eigenvalue weighted by Crippen LogP contribution is -2.09. The maximum Gasteiger partial charge on any atom is 0.339 e. The van der Waals surface area contributed by atoms with Gasteiger partial charge in [-0.15, -0.1) is 0 Å². The fourth-order valence-electron chi connectivity index (χ4n) is 1.000. The smallest absolute Gasteiger partial charge is 0.339 e. The highest BCUT2D eigenvalue weighted by Crippen LogP contribution is 2.25. The molecule has 0 saturated carbocycles. The monoisotopic (exact) mass is 378 g/mol. The number of halogens is 3. The van der Waals surface area contributed by atoms with E-state index >= 15 is 0 Å². The van der Waals surface area contributed by atoms with E-state index in [1.54, 1.807) is 22.6 Å². The lowest BCUT2D eigenvalue weighted by Gasteiger charge is -2.06. The summed E-state index contributed by atoms with van der Waals surface area (Å²) in [6, 6.07) is 1.76. The summed E-state index contributed by atoms with van der Waals surface area (Å²) in [6.07, 6.45) is 0. The standard InChI is InChI=1S/C8H5ClFIO4S/c1-15-8(12)4-2-5(10)6(11)3-7(4)16(9,13)14/h2-3H,1H3. The molecule has 0 heterocycles. The highest BCUT2D eigenvalue weighted by molar-refractivity contribution is 14.1. The average molecular weight is 379 g/mol. The zero-order valence-electron chi connectivity index (χ0n) is 7.83. The highest BCUT2D eigenvalue weighted by atomic mass is 127. The summed E-state index contributed by atoms with van der Waals surface area (Å²) in [5, 5.41) is 0. The fourth-order valence-corrected chi connectivity index (χ4v) is 2.72. The number of ether oxygens (including phenoxy) is 1. The van der Waals surface area contributed by atoms with Crippen molar-refractivity contribution in [1.29, 1.82) is 0 Å². The van der Waals surface area contributed by atoms with E-state index in [1.165, 1.54) is 0 Å². The Kier molecular flexibility index (Phi) is 4.13. The van der Waals surface area contributed by atoms with Crippen molar-refractivity contribution in [1.82, 2.24) is 0 Å². The molecule has 0 radical (unpaired) electrons. The molecular formula is C8H5ClFIO4S. The summed E-state index contributed by atoms with van der Waals surface area (Å²) in [7, 11) is 2.06. The Bertz CT molecular complexity index is 543. The summed E-state index contributed by atoms with van der Waals surface area (Å²) < 4.78 is 39.9. The van der Waals surface area contributed by atoms with Crippen LogP contribution < -0.4 is 0 Å². The largest absolute Gasteiger partial charge is 0.465 e. The van der Waals surface area contributed by atoms with E-state index in [-0.39, 0.29) is 3.57 Å². The summed E-state index contributed by atoms with van der Waals surface area (Å²) in [5.41, 5.74) is -0.421. The molecular weight excluding hydrogens is 374 g/mol. The molecule has 8 heteroatoms. The van der Waals surface area contributed by atoms with Gasteiger partial charge in [-0.2, -0.15) is 0 Å². The van der Waals surface area contributed by atoms with Gasteiger partial charge in [0.25, 0.3) is 9.05 Å². The number of carbonyl (C=O) groups is 1. The molecule has 0 spiro atoms. The summed E-state index contributed by atoms with van der Waals surface area (Å²) in [6.45, 7) is 0. The molecule has 4 nitrogen and oxygen atoms in total. The molecule has 0 unspecified atom stereocenters. The first-order valence-corrected chi connectivity index (χ1v) is 7.18. The number of rotatable bonds is 2. The van der Waals surface area contributed by atoms with Gasteiger partial charge in [-0.1, -0.05) is 0 Å². The third-order valence-electron chi connectivity index (χ3n) is 1.69. The second-order valence-corrected chi connectivity index (χ2v) is 6.39. The molecule has 1 aromatic rings. The van der Waals surface area contributed by atoms with Crippen molar-refractivity contribution in [3.8, 4) is 0 Å². The van der Waals surface area contributed by atoms with Gasteiger partial charge < -0.3 is 4.74 Å². The summed E-state index contributed by atoms with van der Waals surface area (Å²) in [5.74, 6) is -1.68. The van der Waals surface area contributed by atoms with Crippen LogP contribution in [0, 0.1) is 9.39 Å². The van der Waals surface area contributed by atoms with Gasteiger partial charge in [0.05, 0.1) is 21.1 Å². The fraction of sp³-hybridized carbons (Fsp3) is 0.125. The number of esters is 1. The van der Waals surface area contributed by atoms with Gasteiger partial charge in [-0.25, -0.2) is 17.6 Å². The van der Waals surface area contributed by atoms with E-state index in [0.29, 0.717) is 0 Å².